The van der Waals surface area contributed by atoms with Gasteiger partial charge in [-0.3, -0.25) is 9.59 Å². The van der Waals surface area contributed by atoms with Gasteiger partial charge in [-0.2, -0.15) is 0 Å². The molecular weight excluding hydrogens is 821 g/mol. The standard InChI is InChI=1S/C24H25N5O2S.C22H21N5O2S/c1-4-20(30)28-7-5-16(6-8-28)29-12-17(21-23(25)26-13-27-24(21)29)19-11-15-9-14(2)10-18(31-3)22(15)32-19;1-4-18(28)26-8-14(9-26)27-10-15(19-21(23)24-11-25-22(19)27)17-7-13-5-12(2)6-16(29-3)20(13)30-17/h4,9-13,16H,1,5-8H2,2-3H3,(H2,25,26,27);4-7,10-11,14H,1,8-9H2,2-3H3,(H2,23,24,25). The molecular formula is C46H46N10O4S2. The number of aryl methyl sites for hydroxylation is 2. The summed E-state index contributed by atoms with van der Waals surface area (Å²) in [7, 11) is 3.40. The van der Waals surface area contributed by atoms with Crippen molar-refractivity contribution in [1.82, 2.24) is 38.9 Å². The van der Waals surface area contributed by atoms with Gasteiger partial charge < -0.3 is 39.9 Å². The van der Waals surface area contributed by atoms with Gasteiger partial charge in [0.1, 0.15) is 47.1 Å². The van der Waals surface area contributed by atoms with E-state index in [1.165, 1.54) is 24.8 Å². The van der Waals surface area contributed by atoms with Crippen molar-refractivity contribution in [2.45, 2.75) is 38.8 Å². The lowest BCUT2D eigenvalue weighted by atomic mass is 10.0. The minimum atomic E-state index is -0.0518. The van der Waals surface area contributed by atoms with Crippen molar-refractivity contribution < 1.29 is 19.1 Å². The number of ether oxygens (including phenoxy) is 2. The van der Waals surface area contributed by atoms with E-state index in [4.69, 9.17) is 20.9 Å². The molecule has 0 saturated carbocycles. The summed E-state index contributed by atoms with van der Waals surface area (Å²) in [5.41, 5.74) is 18.6. The molecule has 16 heteroatoms. The first-order chi connectivity index (χ1) is 30.0. The van der Waals surface area contributed by atoms with E-state index in [1.807, 2.05) is 11.0 Å². The number of fused-ring (bicyclic) bond motifs is 4. The largest absolute Gasteiger partial charge is 0.495 e. The van der Waals surface area contributed by atoms with Gasteiger partial charge in [-0.25, -0.2) is 19.9 Å². The van der Waals surface area contributed by atoms with Crippen LogP contribution in [-0.4, -0.2) is 91.1 Å². The monoisotopic (exact) mass is 866 g/mol. The highest BCUT2D eigenvalue weighted by Crippen LogP contribution is 2.46. The van der Waals surface area contributed by atoms with E-state index in [0.29, 0.717) is 37.8 Å². The smallest absolute Gasteiger partial charge is 0.246 e. The second-order valence-electron chi connectivity index (χ2n) is 15.7. The Morgan fingerprint density at radius 2 is 1.13 bits per heavy atom. The number of piperidine rings is 1. The Balaban J connectivity index is 0.000000158. The predicted molar refractivity (Wildman–Crippen MR) is 249 cm³/mol. The third-order valence-corrected chi connectivity index (χ3v) is 14.2. The second kappa shape index (κ2) is 16.2. The lowest BCUT2D eigenvalue weighted by Gasteiger charge is -2.39. The average Bonchev–Trinajstić information content (AvgIpc) is 4.06. The molecule has 0 spiro atoms. The highest BCUT2D eigenvalue weighted by atomic mass is 32.1. The van der Waals surface area contributed by atoms with E-state index in [1.54, 1.807) is 41.8 Å². The van der Waals surface area contributed by atoms with Crippen LogP contribution in [-0.2, 0) is 9.59 Å². The van der Waals surface area contributed by atoms with E-state index in [0.717, 1.165) is 98.6 Å². The van der Waals surface area contributed by atoms with Crippen molar-refractivity contribution in [2.24, 2.45) is 0 Å². The summed E-state index contributed by atoms with van der Waals surface area (Å²) in [5, 5.41) is 4.00. The zero-order valence-corrected chi connectivity index (χ0v) is 36.6. The normalized spacial score (nSPS) is 14.6. The Morgan fingerprint density at radius 3 is 1.58 bits per heavy atom. The summed E-state index contributed by atoms with van der Waals surface area (Å²) in [5.74, 6) is 2.61. The van der Waals surface area contributed by atoms with Crippen LogP contribution in [0.3, 0.4) is 0 Å². The lowest BCUT2D eigenvalue weighted by Crippen LogP contribution is -2.50. The molecule has 0 unspecified atom stereocenters. The maximum absolute atomic E-state index is 12.0. The predicted octanol–water partition coefficient (Wildman–Crippen LogP) is 8.34. The van der Waals surface area contributed by atoms with Crippen LogP contribution in [0.2, 0.25) is 0 Å². The van der Waals surface area contributed by atoms with Gasteiger partial charge in [-0.15, -0.1) is 22.7 Å². The number of benzene rings is 2. The Bertz CT molecular complexity index is 3080. The molecule has 2 saturated heterocycles. The molecule has 0 aliphatic carbocycles. The number of nitrogens with two attached hydrogens (primary N) is 2. The summed E-state index contributed by atoms with van der Waals surface area (Å²) in [6, 6.07) is 13.2. The number of nitrogens with zero attached hydrogens (tertiary/aromatic N) is 8. The number of nitrogen functional groups attached to an aromatic ring is 2. The SMILES string of the molecule is C=CC(=O)N1CC(n2cc(-c3cc4cc(C)cc(OC)c4s3)c3c(N)ncnc32)C1.C=CC(=O)N1CCC(n2cc(-c3cc4cc(C)cc(OC)c4s3)c3c(N)ncnc32)CC1. The number of carbonyl (C=O) groups is 2. The summed E-state index contributed by atoms with van der Waals surface area (Å²) in [6.45, 7) is 13.9. The molecule has 8 heterocycles. The van der Waals surface area contributed by atoms with Crippen molar-refractivity contribution in [1.29, 1.82) is 0 Å². The van der Waals surface area contributed by atoms with Crippen LogP contribution in [0.15, 0.2) is 86.8 Å². The van der Waals surface area contributed by atoms with Gasteiger partial charge in [-0.1, -0.05) is 25.3 Å². The van der Waals surface area contributed by atoms with E-state index in [9.17, 15) is 9.59 Å². The number of hydrogen-bond donors (Lipinski definition) is 2. The maximum atomic E-state index is 12.0. The minimum Gasteiger partial charge on any atom is -0.495 e. The van der Waals surface area contributed by atoms with Crippen LogP contribution in [0.1, 0.15) is 36.1 Å². The fraction of sp³-hybridized carbons (Fsp3) is 0.261. The molecule has 2 fully saturated rings. The highest BCUT2D eigenvalue weighted by Gasteiger charge is 2.33. The van der Waals surface area contributed by atoms with Gasteiger partial charge in [0.2, 0.25) is 11.8 Å². The van der Waals surface area contributed by atoms with E-state index in [-0.39, 0.29) is 23.9 Å². The van der Waals surface area contributed by atoms with Gasteiger partial charge >= 0.3 is 0 Å². The Morgan fingerprint density at radius 1 is 0.677 bits per heavy atom. The quantitative estimate of drug-likeness (QED) is 0.141. The highest BCUT2D eigenvalue weighted by molar-refractivity contribution is 7.23. The second-order valence-corrected chi connectivity index (χ2v) is 17.8. The van der Waals surface area contributed by atoms with E-state index >= 15 is 0 Å². The van der Waals surface area contributed by atoms with Gasteiger partial charge in [0.05, 0.1) is 40.4 Å². The molecule has 14 nitrogen and oxygen atoms in total. The maximum Gasteiger partial charge on any atom is 0.246 e. The number of thiophene rings is 2. The Kier molecular flexibility index (Phi) is 10.6. The van der Waals surface area contributed by atoms with Crippen LogP contribution < -0.4 is 20.9 Å². The van der Waals surface area contributed by atoms with Gasteiger partial charge in [0, 0.05) is 65.5 Å². The van der Waals surface area contributed by atoms with Crippen molar-refractivity contribution in [3.05, 3.63) is 97.9 Å². The van der Waals surface area contributed by atoms with Crippen LogP contribution in [0.5, 0.6) is 11.5 Å². The van der Waals surface area contributed by atoms with Crippen LogP contribution in [0, 0.1) is 13.8 Å². The molecule has 2 amide bonds. The van der Waals surface area contributed by atoms with Crippen molar-refractivity contribution in [2.75, 3.05) is 51.9 Å². The molecule has 62 heavy (non-hydrogen) atoms. The topological polar surface area (TPSA) is 173 Å². The van der Waals surface area contributed by atoms with Gasteiger partial charge in [0.15, 0.2) is 0 Å². The fourth-order valence-electron chi connectivity index (χ4n) is 8.68. The first-order valence-corrected chi connectivity index (χ1v) is 21.8. The number of carbonyl (C=O) groups excluding carboxylic acids is 2. The summed E-state index contributed by atoms with van der Waals surface area (Å²) in [6.07, 6.45) is 11.7. The molecule has 0 bridgehead atoms. The third-order valence-electron chi connectivity index (χ3n) is 11.8. The molecule has 0 atom stereocenters. The van der Waals surface area contributed by atoms with Crippen LogP contribution in [0.25, 0.3) is 63.1 Å². The molecule has 2 aromatic carbocycles. The Hall–Kier alpha value is -6.78. The van der Waals surface area contributed by atoms with Crippen LogP contribution >= 0.6 is 22.7 Å². The summed E-state index contributed by atoms with van der Waals surface area (Å²) < 4.78 is 17.8. The number of likely N-dealkylation sites (tertiary alicyclic amines) is 2. The average molecular weight is 867 g/mol. The fourth-order valence-corrected chi connectivity index (χ4v) is 11.0. The zero-order valence-electron chi connectivity index (χ0n) is 34.9. The van der Waals surface area contributed by atoms with Gasteiger partial charge in [0.25, 0.3) is 0 Å². The molecule has 0 radical (unpaired) electrons. The van der Waals surface area contributed by atoms with E-state index in [2.05, 4.69) is 98.8 Å². The number of amides is 2. The van der Waals surface area contributed by atoms with E-state index < -0.39 is 0 Å². The number of rotatable bonds is 8. The summed E-state index contributed by atoms with van der Waals surface area (Å²) in [4.78, 5) is 47.2. The molecule has 6 aromatic heterocycles. The molecule has 316 valence electrons. The molecule has 8 aromatic rings. The number of hydrogen-bond acceptors (Lipinski definition) is 12. The zero-order chi connectivity index (χ0) is 43.4. The minimum absolute atomic E-state index is 0.0115. The Labute approximate surface area is 365 Å². The number of anilines is 2. The van der Waals surface area contributed by atoms with Crippen molar-refractivity contribution in [3.63, 3.8) is 0 Å². The molecule has 2 aliphatic rings. The lowest BCUT2D eigenvalue weighted by molar-refractivity contribution is -0.131. The summed E-state index contributed by atoms with van der Waals surface area (Å²) >= 11 is 3.35. The number of aromatic nitrogens is 6. The van der Waals surface area contributed by atoms with Gasteiger partial charge in [-0.05, 0) is 85.0 Å². The third kappa shape index (κ3) is 7.08. The molecule has 10 rings (SSSR count). The molecule has 4 N–H and O–H groups in total. The van der Waals surface area contributed by atoms with Crippen molar-refractivity contribution >= 4 is 88.4 Å². The number of methoxy groups -OCH3 is 2. The van der Waals surface area contributed by atoms with Crippen LogP contribution in [0.4, 0.5) is 11.6 Å². The van der Waals surface area contributed by atoms with Crippen molar-refractivity contribution in [3.8, 4) is 32.4 Å². The first-order valence-electron chi connectivity index (χ1n) is 20.2. The molecule has 2 aliphatic heterocycles. The first kappa shape index (κ1) is 40.6.